The van der Waals surface area contributed by atoms with Gasteiger partial charge in [0, 0.05) is 4.47 Å². The molecule has 0 atom stereocenters. The predicted octanol–water partition coefficient (Wildman–Crippen LogP) is 2.89. The second-order valence-corrected chi connectivity index (χ2v) is 3.34. The minimum atomic E-state index is -0.410. The third-order valence-corrected chi connectivity index (χ3v) is 1.98. The molecule has 4 heteroatoms. The molecule has 0 aliphatic rings. The molecule has 0 radical (unpaired) electrons. The summed E-state index contributed by atoms with van der Waals surface area (Å²) in [6, 6.07) is 3.00. The molecular weight excluding hydrogens is 231 g/mol. The summed E-state index contributed by atoms with van der Waals surface area (Å²) in [5, 5.41) is 0. The molecule has 1 aromatic rings. The predicted molar refractivity (Wildman–Crippen MR) is 47.9 cm³/mol. The molecular formula is C7H6BrFOS. The molecule has 0 amide bonds. The smallest absolute Gasteiger partial charge is 0.167 e. The number of hydrogen-bond acceptors (Lipinski definition) is 2. The Morgan fingerprint density at radius 1 is 1.55 bits per heavy atom. The van der Waals surface area contributed by atoms with E-state index in [-0.39, 0.29) is 5.75 Å². The van der Waals surface area contributed by atoms with Gasteiger partial charge in [0.05, 0.1) is 12.0 Å². The Kier molecular flexibility index (Phi) is 2.78. The van der Waals surface area contributed by atoms with E-state index in [9.17, 15) is 4.39 Å². The SMILES string of the molecule is COc1c(F)cc(Br)cc1S. The van der Waals surface area contributed by atoms with E-state index in [2.05, 4.69) is 28.6 Å². The molecule has 0 N–H and O–H groups in total. The van der Waals surface area contributed by atoms with Crippen molar-refractivity contribution in [2.24, 2.45) is 0 Å². The summed E-state index contributed by atoms with van der Waals surface area (Å²) >= 11 is 7.15. The largest absolute Gasteiger partial charge is 0.493 e. The van der Waals surface area contributed by atoms with Crippen molar-refractivity contribution in [3.05, 3.63) is 22.4 Å². The first-order valence-corrected chi connectivity index (χ1v) is 4.11. The topological polar surface area (TPSA) is 9.23 Å². The minimum absolute atomic E-state index is 0.177. The van der Waals surface area contributed by atoms with Crippen LogP contribution in [0.3, 0.4) is 0 Å². The summed E-state index contributed by atoms with van der Waals surface area (Å²) < 4.78 is 18.3. The Bertz CT molecular complexity index is 254. The lowest BCUT2D eigenvalue weighted by Crippen LogP contribution is -1.89. The Morgan fingerprint density at radius 2 is 2.18 bits per heavy atom. The first kappa shape index (κ1) is 8.87. The average molecular weight is 237 g/mol. The summed E-state index contributed by atoms with van der Waals surface area (Å²) in [5.74, 6) is -0.233. The van der Waals surface area contributed by atoms with Gasteiger partial charge in [-0.3, -0.25) is 0 Å². The fourth-order valence-corrected chi connectivity index (χ4v) is 1.69. The molecule has 1 nitrogen and oxygen atoms in total. The van der Waals surface area contributed by atoms with Crippen molar-refractivity contribution in [3.8, 4) is 5.75 Å². The Balaban J connectivity index is 3.25. The highest BCUT2D eigenvalue weighted by Crippen LogP contribution is 2.29. The van der Waals surface area contributed by atoms with E-state index in [1.54, 1.807) is 6.07 Å². The van der Waals surface area contributed by atoms with Crippen molar-refractivity contribution in [2.75, 3.05) is 7.11 Å². The minimum Gasteiger partial charge on any atom is -0.493 e. The summed E-state index contributed by atoms with van der Waals surface area (Å²) in [7, 11) is 1.41. The van der Waals surface area contributed by atoms with E-state index in [4.69, 9.17) is 4.74 Å². The van der Waals surface area contributed by atoms with Crippen LogP contribution < -0.4 is 4.74 Å². The molecule has 1 aromatic carbocycles. The monoisotopic (exact) mass is 236 g/mol. The molecule has 0 aliphatic heterocycles. The van der Waals surface area contributed by atoms with Crippen molar-refractivity contribution in [1.82, 2.24) is 0 Å². The lowest BCUT2D eigenvalue weighted by atomic mass is 10.3. The van der Waals surface area contributed by atoms with Gasteiger partial charge in [-0.25, -0.2) is 4.39 Å². The Labute approximate surface area is 78.1 Å². The van der Waals surface area contributed by atoms with E-state index in [0.717, 1.165) is 0 Å². The maximum absolute atomic E-state index is 12.9. The quantitative estimate of drug-likeness (QED) is 0.739. The van der Waals surface area contributed by atoms with Crippen LogP contribution in [0.5, 0.6) is 5.75 Å². The number of ether oxygens (including phenoxy) is 1. The van der Waals surface area contributed by atoms with Crippen LogP contribution in [0, 0.1) is 5.82 Å². The summed E-state index contributed by atoms with van der Waals surface area (Å²) in [4.78, 5) is 0.486. The van der Waals surface area contributed by atoms with Gasteiger partial charge in [-0.1, -0.05) is 15.9 Å². The molecule has 11 heavy (non-hydrogen) atoms. The normalized spacial score (nSPS) is 9.82. The van der Waals surface area contributed by atoms with Crippen LogP contribution in [-0.4, -0.2) is 7.11 Å². The molecule has 0 saturated heterocycles. The highest BCUT2D eigenvalue weighted by molar-refractivity contribution is 9.10. The second kappa shape index (κ2) is 3.45. The molecule has 60 valence electrons. The van der Waals surface area contributed by atoms with Crippen molar-refractivity contribution >= 4 is 28.6 Å². The van der Waals surface area contributed by atoms with Crippen LogP contribution in [0.1, 0.15) is 0 Å². The first-order chi connectivity index (χ1) is 5.15. The number of halogens is 2. The highest BCUT2D eigenvalue weighted by Gasteiger charge is 2.06. The van der Waals surface area contributed by atoms with Crippen LogP contribution in [-0.2, 0) is 0 Å². The molecule has 0 aromatic heterocycles. The van der Waals surface area contributed by atoms with Crippen molar-refractivity contribution < 1.29 is 9.13 Å². The standard InChI is InChI=1S/C7H6BrFOS/c1-10-7-5(9)2-4(8)3-6(7)11/h2-3,11H,1H3. The number of hydrogen-bond donors (Lipinski definition) is 1. The van der Waals surface area contributed by atoms with E-state index in [1.165, 1.54) is 13.2 Å². The van der Waals surface area contributed by atoms with Gasteiger partial charge in [0.25, 0.3) is 0 Å². The number of benzene rings is 1. The fraction of sp³-hybridized carbons (Fsp3) is 0.143. The maximum Gasteiger partial charge on any atom is 0.167 e. The van der Waals surface area contributed by atoms with E-state index < -0.39 is 5.82 Å². The van der Waals surface area contributed by atoms with Gasteiger partial charge in [0.15, 0.2) is 11.6 Å². The Hall–Kier alpha value is -0.220. The summed E-state index contributed by atoms with van der Waals surface area (Å²) in [5.41, 5.74) is 0. The number of rotatable bonds is 1. The zero-order chi connectivity index (χ0) is 8.43. The van der Waals surface area contributed by atoms with Crippen molar-refractivity contribution in [1.29, 1.82) is 0 Å². The van der Waals surface area contributed by atoms with E-state index in [0.29, 0.717) is 9.37 Å². The zero-order valence-electron chi connectivity index (χ0n) is 5.77. The van der Waals surface area contributed by atoms with E-state index in [1.807, 2.05) is 0 Å². The molecule has 0 unspecified atom stereocenters. The third-order valence-electron chi connectivity index (χ3n) is 1.19. The summed E-state index contributed by atoms with van der Waals surface area (Å²) in [6.45, 7) is 0. The number of thiol groups is 1. The van der Waals surface area contributed by atoms with Crippen LogP contribution >= 0.6 is 28.6 Å². The molecule has 0 saturated carbocycles. The molecule has 0 aliphatic carbocycles. The van der Waals surface area contributed by atoms with Gasteiger partial charge < -0.3 is 4.74 Å². The van der Waals surface area contributed by atoms with Gasteiger partial charge in [0.1, 0.15) is 0 Å². The maximum atomic E-state index is 12.9. The third kappa shape index (κ3) is 1.87. The van der Waals surface area contributed by atoms with Gasteiger partial charge in [0.2, 0.25) is 0 Å². The lowest BCUT2D eigenvalue weighted by molar-refractivity contribution is 0.376. The highest BCUT2D eigenvalue weighted by atomic mass is 79.9. The molecule has 0 heterocycles. The van der Waals surface area contributed by atoms with Crippen molar-refractivity contribution in [2.45, 2.75) is 4.90 Å². The molecule has 0 fully saturated rings. The first-order valence-electron chi connectivity index (χ1n) is 2.87. The molecule has 0 bridgehead atoms. The molecule has 1 rings (SSSR count). The Morgan fingerprint density at radius 3 is 2.64 bits per heavy atom. The van der Waals surface area contributed by atoms with Gasteiger partial charge >= 0.3 is 0 Å². The van der Waals surface area contributed by atoms with Gasteiger partial charge in [-0.15, -0.1) is 12.6 Å². The van der Waals surface area contributed by atoms with Crippen LogP contribution in [0.2, 0.25) is 0 Å². The van der Waals surface area contributed by atoms with Gasteiger partial charge in [-0.05, 0) is 12.1 Å². The van der Waals surface area contributed by atoms with Crippen LogP contribution in [0.25, 0.3) is 0 Å². The van der Waals surface area contributed by atoms with Crippen LogP contribution in [0.15, 0.2) is 21.5 Å². The number of methoxy groups -OCH3 is 1. The fourth-order valence-electron chi connectivity index (χ4n) is 0.749. The molecule has 0 spiro atoms. The second-order valence-electron chi connectivity index (χ2n) is 1.94. The summed E-state index contributed by atoms with van der Waals surface area (Å²) in [6.07, 6.45) is 0. The lowest BCUT2D eigenvalue weighted by Gasteiger charge is -2.04. The van der Waals surface area contributed by atoms with Gasteiger partial charge in [-0.2, -0.15) is 0 Å². The zero-order valence-corrected chi connectivity index (χ0v) is 8.25. The average Bonchev–Trinajstić information content (AvgIpc) is 1.85. The van der Waals surface area contributed by atoms with E-state index >= 15 is 0 Å². The van der Waals surface area contributed by atoms with Crippen LogP contribution in [0.4, 0.5) is 4.39 Å². The van der Waals surface area contributed by atoms with Crippen molar-refractivity contribution in [3.63, 3.8) is 0 Å².